The standard InChI is InChI=1S/C14H22N6O4S/c1-16-2-3-19(14(16)21)12-8-15-20(11-12)13-9-18(10-13)25(22,23)17-4-6-24-7-5-17/h8,11,13H,2-7,9-10H2,1H3. The molecule has 0 radical (unpaired) electrons. The summed E-state index contributed by atoms with van der Waals surface area (Å²) in [4.78, 5) is 15.4. The van der Waals surface area contributed by atoms with Gasteiger partial charge in [-0.25, -0.2) is 4.79 Å². The summed E-state index contributed by atoms with van der Waals surface area (Å²) in [5, 5.41) is 4.32. The van der Waals surface area contributed by atoms with Crippen molar-refractivity contribution in [1.29, 1.82) is 0 Å². The summed E-state index contributed by atoms with van der Waals surface area (Å²) in [6.45, 7) is 3.82. The number of hydrogen-bond acceptors (Lipinski definition) is 5. The van der Waals surface area contributed by atoms with E-state index in [4.69, 9.17) is 4.74 Å². The van der Waals surface area contributed by atoms with Crippen LogP contribution in [0.15, 0.2) is 12.4 Å². The maximum Gasteiger partial charge on any atom is 0.324 e. The lowest BCUT2D eigenvalue weighted by Gasteiger charge is -2.41. The summed E-state index contributed by atoms with van der Waals surface area (Å²) in [5.41, 5.74) is 0.754. The maximum absolute atomic E-state index is 12.5. The molecule has 0 aliphatic carbocycles. The van der Waals surface area contributed by atoms with Gasteiger partial charge in [0.2, 0.25) is 0 Å². The zero-order valence-corrected chi connectivity index (χ0v) is 14.9. The van der Waals surface area contributed by atoms with Gasteiger partial charge in [0.15, 0.2) is 0 Å². The topological polar surface area (TPSA) is 91.2 Å². The first-order chi connectivity index (χ1) is 12.0. The molecule has 0 aromatic carbocycles. The van der Waals surface area contributed by atoms with Gasteiger partial charge in [-0.15, -0.1) is 0 Å². The van der Waals surface area contributed by atoms with E-state index in [1.807, 2.05) is 6.20 Å². The third-order valence-corrected chi connectivity index (χ3v) is 6.91. The molecule has 0 unspecified atom stereocenters. The molecule has 3 aliphatic rings. The predicted octanol–water partition coefficient (Wildman–Crippen LogP) is -0.811. The van der Waals surface area contributed by atoms with Crippen molar-refractivity contribution in [3.8, 4) is 0 Å². The van der Waals surface area contributed by atoms with E-state index in [1.54, 1.807) is 27.7 Å². The van der Waals surface area contributed by atoms with Gasteiger partial charge in [0.05, 0.1) is 31.1 Å². The quantitative estimate of drug-likeness (QED) is 0.691. The largest absolute Gasteiger partial charge is 0.379 e. The first-order valence-corrected chi connectivity index (χ1v) is 9.76. The molecule has 4 rings (SSSR count). The fourth-order valence-corrected chi connectivity index (χ4v) is 4.92. The second-order valence-electron chi connectivity index (χ2n) is 6.52. The summed E-state index contributed by atoms with van der Waals surface area (Å²) in [7, 11) is -1.65. The van der Waals surface area contributed by atoms with Gasteiger partial charge in [-0.1, -0.05) is 0 Å². The number of ether oxygens (including phenoxy) is 1. The van der Waals surface area contributed by atoms with E-state index < -0.39 is 10.2 Å². The molecule has 1 aromatic heterocycles. The average molecular weight is 370 g/mol. The van der Waals surface area contributed by atoms with Gasteiger partial charge >= 0.3 is 6.03 Å². The van der Waals surface area contributed by atoms with Crippen LogP contribution in [0.1, 0.15) is 6.04 Å². The number of morpholine rings is 1. The van der Waals surface area contributed by atoms with Crippen LogP contribution in [0.4, 0.5) is 10.5 Å². The van der Waals surface area contributed by atoms with Crippen LogP contribution in [0, 0.1) is 0 Å². The minimum atomic E-state index is -3.42. The summed E-state index contributed by atoms with van der Waals surface area (Å²) >= 11 is 0. The number of likely N-dealkylation sites (N-methyl/N-ethyl adjacent to an activating group) is 1. The number of aromatic nitrogens is 2. The zero-order chi connectivity index (χ0) is 17.6. The number of hydrogen-bond donors (Lipinski definition) is 0. The van der Waals surface area contributed by atoms with Gasteiger partial charge < -0.3 is 9.64 Å². The second kappa shape index (κ2) is 6.24. The second-order valence-corrected chi connectivity index (χ2v) is 8.45. The van der Waals surface area contributed by atoms with Gasteiger partial charge in [-0.2, -0.15) is 22.1 Å². The molecule has 10 nitrogen and oxygen atoms in total. The smallest absolute Gasteiger partial charge is 0.324 e. The van der Waals surface area contributed by atoms with Crippen molar-refractivity contribution in [3.63, 3.8) is 0 Å². The number of anilines is 1. The average Bonchev–Trinajstić information content (AvgIpc) is 3.15. The van der Waals surface area contributed by atoms with Gasteiger partial charge in [0.1, 0.15) is 0 Å². The number of rotatable bonds is 4. The number of amides is 2. The highest BCUT2D eigenvalue weighted by Gasteiger charge is 2.41. The van der Waals surface area contributed by atoms with E-state index in [2.05, 4.69) is 5.10 Å². The molecule has 25 heavy (non-hydrogen) atoms. The fraction of sp³-hybridized carbons (Fsp3) is 0.714. The Bertz CT molecular complexity index is 753. The molecule has 3 saturated heterocycles. The minimum Gasteiger partial charge on any atom is -0.379 e. The number of urea groups is 1. The van der Waals surface area contributed by atoms with E-state index in [-0.39, 0.29) is 12.1 Å². The normalized spacial score (nSPS) is 24.1. The zero-order valence-electron chi connectivity index (χ0n) is 14.1. The Morgan fingerprint density at radius 1 is 1.12 bits per heavy atom. The van der Waals surface area contributed by atoms with Crippen LogP contribution < -0.4 is 4.90 Å². The number of carbonyl (C=O) groups excluding carboxylic acids is 1. The highest BCUT2D eigenvalue weighted by atomic mass is 32.2. The van der Waals surface area contributed by atoms with Crippen molar-refractivity contribution in [2.45, 2.75) is 6.04 Å². The Balaban J connectivity index is 1.39. The Labute approximate surface area is 146 Å². The molecular formula is C14H22N6O4S. The number of carbonyl (C=O) groups is 1. The molecule has 0 saturated carbocycles. The van der Waals surface area contributed by atoms with E-state index in [0.717, 1.165) is 5.69 Å². The highest BCUT2D eigenvalue weighted by Crippen LogP contribution is 2.28. The molecule has 0 spiro atoms. The third kappa shape index (κ3) is 2.90. The van der Waals surface area contributed by atoms with Crippen molar-refractivity contribution in [2.75, 3.05) is 64.4 Å². The Morgan fingerprint density at radius 3 is 2.48 bits per heavy atom. The Hall–Kier alpha value is -1.69. The van der Waals surface area contributed by atoms with Gasteiger partial charge in [0, 0.05) is 52.5 Å². The lowest BCUT2D eigenvalue weighted by molar-refractivity contribution is 0.0663. The molecule has 0 N–H and O–H groups in total. The Morgan fingerprint density at radius 2 is 1.84 bits per heavy atom. The van der Waals surface area contributed by atoms with Crippen LogP contribution in [0.3, 0.4) is 0 Å². The monoisotopic (exact) mass is 370 g/mol. The van der Waals surface area contributed by atoms with Crippen LogP contribution in [-0.4, -0.2) is 97.3 Å². The van der Waals surface area contributed by atoms with Crippen LogP contribution in [-0.2, 0) is 14.9 Å². The molecule has 3 fully saturated rings. The summed E-state index contributed by atoms with van der Waals surface area (Å²) in [6.07, 6.45) is 3.48. The molecule has 2 amide bonds. The first-order valence-electron chi connectivity index (χ1n) is 8.36. The Kier molecular flexibility index (Phi) is 4.18. The molecule has 4 heterocycles. The summed E-state index contributed by atoms with van der Waals surface area (Å²) in [5.74, 6) is 0. The third-order valence-electron chi connectivity index (χ3n) is 4.94. The number of nitrogens with zero attached hydrogens (tertiary/aromatic N) is 6. The molecule has 1 aromatic rings. The molecule has 0 atom stereocenters. The van der Waals surface area contributed by atoms with Crippen molar-refractivity contribution in [2.24, 2.45) is 0 Å². The molecule has 138 valence electrons. The fourth-order valence-electron chi connectivity index (χ4n) is 3.27. The highest BCUT2D eigenvalue weighted by molar-refractivity contribution is 7.86. The van der Waals surface area contributed by atoms with Gasteiger partial charge in [-0.3, -0.25) is 9.58 Å². The van der Waals surface area contributed by atoms with Crippen LogP contribution in [0.2, 0.25) is 0 Å². The van der Waals surface area contributed by atoms with Crippen molar-refractivity contribution in [3.05, 3.63) is 12.4 Å². The molecule has 11 heteroatoms. The molecule has 0 bridgehead atoms. The van der Waals surface area contributed by atoms with Crippen molar-refractivity contribution in [1.82, 2.24) is 23.3 Å². The maximum atomic E-state index is 12.5. The predicted molar refractivity (Wildman–Crippen MR) is 89.5 cm³/mol. The van der Waals surface area contributed by atoms with Crippen LogP contribution in [0.5, 0.6) is 0 Å². The van der Waals surface area contributed by atoms with Gasteiger partial charge in [-0.05, 0) is 0 Å². The summed E-state index contributed by atoms with van der Waals surface area (Å²) < 4.78 is 35.0. The first kappa shape index (κ1) is 16.8. The van der Waals surface area contributed by atoms with Crippen LogP contribution >= 0.6 is 0 Å². The lowest BCUT2D eigenvalue weighted by Crippen LogP contribution is -2.57. The SMILES string of the molecule is CN1CCN(c2cnn(C3CN(S(=O)(=O)N4CCOCC4)C3)c2)C1=O. The van der Waals surface area contributed by atoms with E-state index in [9.17, 15) is 13.2 Å². The summed E-state index contributed by atoms with van der Waals surface area (Å²) in [6, 6.07) is -0.0373. The molecular weight excluding hydrogens is 348 g/mol. The molecule has 3 aliphatic heterocycles. The van der Waals surface area contributed by atoms with E-state index in [1.165, 1.54) is 8.61 Å². The van der Waals surface area contributed by atoms with Crippen molar-refractivity contribution < 1.29 is 17.9 Å². The van der Waals surface area contributed by atoms with E-state index >= 15 is 0 Å². The van der Waals surface area contributed by atoms with Crippen LogP contribution in [0.25, 0.3) is 0 Å². The van der Waals surface area contributed by atoms with Crippen molar-refractivity contribution >= 4 is 21.9 Å². The van der Waals surface area contributed by atoms with E-state index in [0.29, 0.717) is 52.5 Å². The van der Waals surface area contributed by atoms with Gasteiger partial charge in [0.25, 0.3) is 10.2 Å². The lowest BCUT2D eigenvalue weighted by atomic mass is 10.2. The minimum absolute atomic E-state index is 0.000000236.